The molecule has 0 fully saturated rings. The van der Waals surface area contributed by atoms with E-state index < -0.39 is 90.6 Å². The second-order valence-corrected chi connectivity index (χ2v) is 24.2. The SMILES string of the molecule is COS(=O)(=O)c1cc(N=Nc2c(S(=O)(=O)OC)cc3c(N=Nc4ccc(C(N)=O)cc4)ccc(N)c3c2O)ccc1/C=C/c1ccc(N=Nc2c(CS(=O)(=O)O)cc3c(N=Nc4ccc(C(C)=O)cc4)ccc(N)c3c2O)cc1CS(=O)(=O)O. The van der Waals surface area contributed by atoms with Crippen LogP contribution in [0.2, 0.25) is 0 Å². The van der Waals surface area contributed by atoms with Crippen molar-refractivity contribution in [3.05, 3.63) is 155 Å². The molecule has 0 aromatic heterocycles. The number of azo groups is 4. The first kappa shape index (κ1) is 60.5. The molecule has 31 heteroatoms. The van der Waals surface area contributed by atoms with E-state index >= 15 is 0 Å². The third-order valence-electron chi connectivity index (χ3n) is 12.3. The number of rotatable bonds is 20. The summed E-state index contributed by atoms with van der Waals surface area (Å²) in [4.78, 5) is 22.0. The molecule has 0 bridgehead atoms. The van der Waals surface area contributed by atoms with Crippen LogP contribution in [0.25, 0.3) is 33.7 Å². The number of phenols is 2. The van der Waals surface area contributed by atoms with Crippen LogP contribution in [-0.2, 0) is 60.3 Å². The van der Waals surface area contributed by atoms with Crippen molar-refractivity contribution in [3.8, 4) is 11.5 Å². The zero-order valence-corrected chi connectivity index (χ0v) is 47.0. The Labute approximate surface area is 478 Å². The van der Waals surface area contributed by atoms with Gasteiger partial charge in [0.1, 0.15) is 32.7 Å². The van der Waals surface area contributed by atoms with E-state index in [1.54, 1.807) is 12.1 Å². The number of benzene rings is 8. The number of carbonyl (C=O) groups excluding carboxylic acids is 2. The number of phenolic OH excluding ortho intramolecular Hbond substituents is 2. The molecule has 0 radical (unpaired) electrons. The molecule has 8 aromatic carbocycles. The van der Waals surface area contributed by atoms with Gasteiger partial charge in [-0.05, 0) is 133 Å². The van der Waals surface area contributed by atoms with Crippen molar-refractivity contribution in [2.75, 3.05) is 25.7 Å². The summed E-state index contributed by atoms with van der Waals surface area (Å²) in [6.07, 6.45) is 2.51. The van der Waals surface area contributed by atoms with E-state index in [2.05, 4.69) is 40.9 Å². The van der Waals surface area contributed by atoms with Crippen molar-refractivity contribution in [1.29, 1.82) is 0 Å². The number of hydrogen-bond acceptors (Lipinski definition) is 24. The van der Waals surface area contributed by atoms with Gasteiger partial charge in [-0.2, -0.15) is 54.1 Å². The number of hydrogen-bond donors (Lipinski definition) is 7. The Morgan fingerprint density at radius 1 is 0.488 bits per heavy atom. The summed E-state index contributed by atoms with van der Waals surface area (Å²) in [5.41, 5.74) is 17.2. The van der Waals surface area contributed by atoms with E-state index in [4.69, 9.17) is 25.6 Å². The van der Waals surface area contributed by atoms with Gasteiger partial charge in [-0.1, -0.05) is 24.3 Å². The molecule has 84 heavy (non-hydrogen) atoms. The summed E-state index contributed by atoms with van der Waals surface area (Å²) < 4.78 is 132. The molecule has 8 rings (SSSR count). The quantitative estimate of drug-likeness (QED) is 0.00930. The van der Waals surface area contributed by atoms with Gasteiger partial charge in [0.05, 0.1) is 59.1 Å². The average Bonchev–Trinajstić information content (AvgIpc) is 1.20. The lowest BCUT2D eigenvalue weighted by Gasteiger charge is -2.13. The van der Waals surface area contributed by atoms with E-state index in [9.17, 15) is 62.6 Å². The molecule has 0 unspecified atom stereocenters. The molecule has 0 aliphatic heterocycles. The topological polar surface area (TPSA) is 447 Å². The first-order valence-electron chi connectivity index (χ1n) is 23.9. The molecule has 1 amide bonds. The van der Waals surface area contributed by atoms with E-state index in [1.165, 1.54) is 110 Å². The molecule has 0 atom stereocenters. The van der Waals surface area contributed by atoms with Crippen LogP contribution in [0.4, 0.5) is 56.9 Å². The standard InChI is InChI=1S/C53H45N11O16S4/c1-28(65)29-6-12-35(13-7-29)57-61-43-20-18-41(54)47-39(43)23-34(27-82(72,73)74)49(51(47)66)63-59-37-16-8-30(33(22-37)26-81(69,70)71)4-5-31-9-17-38(24-45(31)83(75,76)79-2)60-64-50-46(84(77,78)80-3)25-40-44(21-19-42(55)48(40)52(50)67)62-58-36-14-10-32(11-15-36)53(56)68/h4-25,66-67H,26-27,54-55H2,1-3H3,(H2,56,68)(H,69,70,71)(H,72,73,74)/b5-4+,61-57?,62-58?,63-59?,64-60?. The van der Waals surface area contributed by atoms with Crippen molar-refractivity contribution in [1.82, 2.24) is 0 Å². The van der Waals surface area contributed by atoms with E-state index in [-0.39, 0.29) is 95.0 Å². The largest absolute Gasteiger partial charge is 0.505 e. The molecular formula is C53H45N11O16S4. The number of aromatic hydroxyl groups is 2. The van der Waals surface area contributed by atoms with Crippen molar-refractivity contribution < 1.29 is 70.9 Å². The van der Waals surface area contributed by atoms with Gasteiger partial charge in [-0.15, -0.1) is 20.5 Å². The molecule has 8 aromatic rings. The molecule has 27 nitrogen and oxygen atoms in total. The second kappa shape index (κ2) is 24.1. The first-order valence-corrected chi connectivity index (χ1v) is 29.9. The Morgan fingerprint density at radius 3 is 1.43 bits per heavy atom. The van der Waals surface area contributed by atoms with Gasteiger partial charge >= 0.3 is 0 Å². The van der Waals surface area contributed by atoms with Crippen LogP contribution in [0.5, 0.6) is 11.5 Å². The summed E-state index contributed by atoms with van der Waals surface area (Å²) in [6.45, 7) is 1.40. The molecule has 0 heterocycles. The number of carbonyl (C=O) groups is 2. The van der Waals surface area contributed by atoms with Crippen LogP contribution >= 0.6 is 0 Å². The normalized spacial score (nSPS) is 12.8. The second-order valence-electron chi connectivity index (χ2n) is 17.9. The highest BCUT2D eigenvalue weighted by Gasteiger charge is 2.27. The number of nitrogens with two attached hydrogens (primary N) is 3. The maximum atomic E-state index is 13.4. The smallest absolute Gasteiger partial charge is 0.299 e. The van der Waals surface area contributed by atoms with Gasteiger partial charge in [0.15, 0.2) is 17.3 Å². The third kappa shape index (κ3) is 13.8. The van der Waals surface area contributed by atoms with Crippen LogP contribution in [0.1, 0.15) is 49.9 Å². The van der Waals surface area contributed by atoms with E-state index in [0.717, 1.165) is 32.4 Å². The zero-order valence-electron chi connectivity index (χ0n) is 43.7. The summed E-state index contributed by atoms with van der Waals surface area (Å²) in [5.74, 6) is -4.45. The molecule has 0 saturated heterocycles. The van der Waals surface area contributed by atoms with Crippen molar-refractivity contribution in [2.24, 2.45) is 46.6 Å². The summed E-state index contributed by atoms with van der Waals surface area (Å²) in [7, 11) is -17.2. The zero-order chi connectivity index (χ0) is 61.1. The lowest BCUT2D eigenvalue weighted by atomic mass is 10.0. The highest BCUT2D eigenvalue weighted by atomic mass is 32.2. The van der Waals surface area contributed by atoms with Crippen LogP contribution in [0.3, 0.4) is 0 Å². The predicted octanol–water partition coefficient (Wildman–Crippen LogP) is 11.1. The molecule has 0 spiro atoms. The Kier molecular flexibility index (Phi) is 17.3. The fraction of sp³-hybridized carbons (Fsp3) is 0.0943. The molecule has 0 saturated carbocycles. The fourth-order valence-corrected chi connectivity index (χ4v) is 11.2. The number of anilines is 2. The van der Waals surface area contributed by atoms with Crippen molar-refractivity contribution >= 4 is 143 Å². The van der Waals surface area contributed by atoms with E-state index in [0.29, 0.717) is 11.3 Å². The van der Waals surface area contributed by atoms with Gasteiger partial charge in [-0.3, -0.25) is 27.1 Å². The molecule has 0 aliphatic carbocycles. The molecule has 0 aliphatic rings. The minimum absolute atomic E-state index is 0.0130. The Morgan fingerprint density at radius 2 is 0.917 bits per heavy atom. The van der Waals surface area contributed by atoms with Gasteiger partial charge < -0.3 is 27.4 Å². The number of nitrogen functional groups attached to an aromatic ring is 2. The van der Waals surface area contributed by atoms with Gasteiger partial charge in [0, 0.05) is 38.8 Å². The minimum Gasteiger partial charge on any atom is -0.505 e. The maximum Gasteiger partial charge on any atom is 0.299 e. The molecule has 10 N–H and O–H groups in total. The number of Topliss-reactive ketones (excluding diaryl/α,β-unsaturated/α-hetero) is 1. The van der Waals surface area contributed by atoms with Crippen LogP contribution in [0, 0.1) is 0 Å². The predicted molar refractivity (Wildman–Crippen MR) is 309 cm³/mol. The Bertz CT molecular complexity index is 4650. The van der Waals surface area contributed by atoms with Gasteiger partial charge in [0.2, 0.25) is 5.91 Å². The Balaban J connectivity index is 1.14. The number of ketones is 1. The summed E-state index contributed by atoms with van der Waals surface area (Å²) in [6, 6.07) is 27.0. The first-order chi connectivity index (χ1) is 39.6. The molecular weight excluding hydrogens is 1170 g/mol. The minimum atomic E-state index is -4.81. The monoisotopic (exact) mass is 1220 g/mol. The van der Waals surface area contributed by atoms with Gasteiger partial charge in [0.25, 0.3) is 40.5 Å². The highest BCUT2D eigenvalue weighted by Crippen LogP contribution is 2.48. The van der Waals surface area contributed by atoms with Crippen LogP contribution in [0.15, 0.2) is 172 Å². The van der Waals surface area contributed by atoms with E-state index in [1.807, 2.05) is 0 Å². The van der Waals surface area contributed by atoms with Crippen molar-refractivity contribution in [2.45, 2.75) is 28.2 Å². The van der Waals surface area contributed by atoms with Crippen LogP contribution < -0.4 is 17.2 Å². The summed E-state index contributed by atoms with van der Waals surface area (Å²) in [5, 5.41) is 56.1. The average molecular weight is 1220 g/mol. The number of primary amides is 1. The van der Waals surface area contributed by atoms with Crippen molar-refractivity contribution in [3.63, 3.8) is 0 Å². The Hall–Kier alpha value is -9.60. The lowest BCUT2D eigenvalue weighted by molar-refractivity contribution is 0.0996. The number of amides is 1. The fourth-order valence-electron chi connectivity index (χ4n) is 8.23. The number of nitrogens with zero attached hydrogens (tertiary/aromatic N) is 8. The third-order valence-corrected chi connectivity index (χ3v) is 16.3. The van der Waals surface area contributed by atoms with Crippen LogP contribution in [-0.4, -0.2) is 78.9 Å². The molecule has 432 valence electrons. The summed E-state index contributed by atoms with van der Waals surface area (Å²) >= 11 is 0. The van der Waals surface area contributed by atoms with Gasteiger partial charge in [-0.25, -0.2) is 0 Å². The highest BCUT2D eigenvalue weighted by molar-refractivity contribution is 7.87. The lowest BCUT2D eigenvalue weighted by Crippen LogP contribution is -2.10. The maximum absolute atomic E-state index is 13.4. The number of fused-ring (bicyclic) bond motifs is 2.